The van der Waals surface area contributed by atoms with E-state index < -0.39 is 0 Å². The molecule has 1 aromatic carbocycles. The van der Waals surface area contributed by atoms with Crippen molar-refractivity contribution in [3.8, 4) is 0 Å². The first-order chi connectivity index (χ1) is 9.02. The Balaban J connectivity index is 2.21. The number of hydrogen-bond donors (Lipinski definition) is 0. The third-order valence-corrected chi connectivity index (χ3v) is 4.24. The summed E-state index contributed by atoms with van der Waals surface area (Å²) < 4.78 is 6.12. The van der Waals surface area contributed by atoms with E-state index in [0.29, 0.717) is 17.3 Å². The van der Waals surface area contributed by atoms with Crippen LogP contribution >= 0.6 is 0 Å². The molecule has 19 heavy (non-hydrogen) atoms. The van der Waals surface area contributed by atoms with E-state index in [4.69, 9.17) is 4.74 Å². The molecule has 4 heteroatoms. The van der Waals surface area contributed by atoms with Crippen molar-refractivity contribution in [2.75, 3.05) is 6.61 Å². The van der Waals surface area contributed by atoms with Crippen LogP contribution in [0, 0.1) is 5.92 Å². The summed E-state index contributed by atoms with van der Waals surface area (Å²) >= 11 is 2.86. The topological polar surface area (TPSA) is 29.5 Å². The SMILES string of the molecule is CC(C(=O)N1C(=[Se])OC[C@@H]1C(C)C)c1ccccc1. The Morgan fingerprint density at radius 1 is 1.32 bits per heavy atom. The summed E-state index contributed by atoms with van der Waals surface area (Å²) in [4.78, 5) is 14.5. The molecule has 0 spiro atoms. The Hall–Kier alpha value is -1.12. The summed E-state index contributed by atoms with van der Waals surface area (Å²) in [5.74, 6) is 0.307. The van der Waals surface area contributed by atoms with Crippen molar-refractivity contribution < 1.29 is 9.53 Å². The molecule has 1 unspecified atom stereocenters. The number of nitrogens with zero attached hydrogens (tertiary/aromatic N) is 1. The quantitative estimate of drug-likeness (QED) is 0.795. The molecule has 102 valence electrons. The van der Waals surface area contributed by atoms with Crippen molar-refractivity contribution in [1.29, 1.82) is 0 Å². The van der Waals surface area contributed by atoms with Crippen molar-refractivity contribution in [1.82, 2.24) is 4.90 Å². The number of amides is 1. The second-order valence-electron chi connectivity index (χ2n) is 5.23. The number of benzene rings is 1. The Bertz CT molecular complexity index is 472. The molecule has 1 aliphatic heterocycles. The molecule has 2 rings (SSSR count). The molecular weight excluding hydrogens is 305 g/mol. The molecule has 1 aliphatic rings. The van der Waals surface area contributed by atoms with Crippen molar-refractivity contribution in [3.05, 3.63) is 35.9 Å². The molecule has 2 atom stereocenters. The van der Waals surface area contributed by atoms with E-state index in [2.05, 4.69) is 29.4 Å². The van der Waals surface area contributed by atoms with E-state index in [0.717, 1.165) is 5.56 Å². The molecule has 0 aliphatic carbocycles. The zero-order chi connectivity index (χ0) is 14.0. The van der Waals surface area contributed by atoms with Crippen molar-refractivity contribution in [2.45, 2.75) is 32.7 Å². The van der Waals surface area contributed by atoms with E-state index >= 15 is 0 Å². The summed E-state index contributed by atoms with van der Waals surface area (Å²) in [5, 5.41) is 0. The minimum atomic E-state index is -0.160. The van der Waals surface area contributed by atoms with Crippen LogP contribution in [0.4, 0.5) is 0 Å². The molecule has 0 bridgehead atoms. The number of ether oxygens (including phenoxy) is 1. The average Bonchev–Trinajstić information content (AvgIpc) is 2.80. The number of rotatable bonds is 3. The molecule has 1 saturated heterocycles. The van der Waals surface area contributed by atoms with Gasteiger partial charge in [-0.15, -0.1) is 0 Å². The van der Waals surface area contributed by atoms with Gasteiger partial charge < -0.3 is 0 Å². The van der Waals surface area contributed by atoms with Crippen molar-refractivity contribution in [2.24, 2.45) is 5.92 Å². The predicted molar refractivity (Wildman–Crippen MR) is 77.0 cm³/mol. The van der Waals surface area contributed by atoms with Crippen LogP contribution < -0.4 is 0 Å². The first-order valence-electron chi connectivity index (χ1n) is 6.57. The Labute approximate surface area is 122 Å². The van der Waals surface area contributed by atoms with Gasteiger partial charge in [0.2, 0.25) is 0 Å². The number of carbonyl (C=O) groups is 1. The van der Waals surface area contributed by atoms with Gasteiger partial charge in [0.25, 0.3) is 0 Å². The summed E-state index contributed by atoms with van der Waals surface area (Å²) in [5.41, 5.74) is 1.04. The normalized spacial score (nSPS) is 20.5. The molecule has 3 nitrogen and oxygen atoms in total. The van der Waals surface area contributed by atoms with Gasteiger partial charge in [-0.1, -0.05) is 0 Å². The first-order valence-corrected chi connectivity index (χ1v) is 7.42. The summed E-state index contributed by atoms with van der Waals surface area (Å²) in [6.07, 6.45) is 0. The second kappa shape index (κ2) is 5.89. The first kappa shape index (κ1) is 14.3. The third-order valence-electron chi connectivity index (χ3n) is 3.58. The van der Waals surface area contributed by atoms with Gasteiger partial charge in [-0.25, -0.2) is 0 Å². The molecule has 1 fully saturated rings. The fourth-order valence-corrected chi connectivity index (χ4v) is 2.89. The Morgan fingerprint density at radius 3 is 2.53 bits per heavy atom. The van der Waals surface area contributed by atoms with Crippen molar-refractivity contribution >= 4 is 26.2 Å². The Morgan fingerprint density at radius 2 is 1.95 bits per heavy atom. The zero-order valence-electron chi connectivity index (χ0n) is 11.5. The summed E-state index contributed by atoms with van der Waals surface area (Å²) in [7, 11) is 0. The molecule has 1 aromatic rings. The van der Waals surface area contributed by atoms with Crippen LogP contribution in [0.2, 0.25) is 0 Å². The van der Waals surface area contributed by atoms with Gasteiger partial charge in [0.1, 0.15) is 0 Å². The van der Waals surface area contributed by atoms with E-state index in [9.17, 15) is 4.79 Å². The minimum absolute atomic E-state index is 0.0937. The van der Waals surface area contributed by atoms with Crippen molar-refractivity contribution in [3.63, 3.8) is 0 Å². The van der Waals surface area contributed by atoms with Crippen LogP contribution in [0.1, 0.15) is 32.3 Å². The maximum absolute atomic E-state index is 12.7. The zero-order valence-corrected chi connectivity index (χ0v) is 13.2. The molecule has 0 aromatic heterocycles. The Kier molecular flexibility index (Phi) is 4.43. The van der Waals surface area contributed by atoms with Crippen LogP contribution in [0.15, 0.2) is 30.3 Å². The van der Waals surface area contributed by atoms with Crippen LogP contribution in [0.25, 0.3) is 0 Å². The van der Waals surface area contributed by atoms with Gasteiger partial charge in [0.05, 0.1) is 0 Å². The van der Waals surface area contributed by atoms with Gasteiger partial charge in [-0.3, -0.25) is 0 Å². The van der Waals surface area contributed by atoms with E-state index in [1.54, 1.807) is 4.90 Å². The molecular formula is C15H19NO2Se. The maximum atomic E-state index is 12.7. The van der Waals surface area contributed by atoms with Gasteiger partial charge >= 0.3 is 122 Å². The fraction of sp³-hybridized carbons (Fsp3) is 0.467. The van der Waals surface area contributed by atoms with Gasteiger partial charge in [-0.05, 0) is 0 Å². The summed E-state index contributed by atoms with van der Waals surface area (Å²) in [6.45, 7) is 6.74. The van der Waals surface area contributed by atoms with E-state index in [-0.39, 0.29) is 17.9 Å². The summed E-state index contributed by atoms with van der Waals surface area (Å²) in [6, 6.07) is 9.98. The van der Waals surface area contributed by atoms with Gasteiger partial charge in [-0.2, -0.15) is 0 Å². The predicted octanol–water partition coefficient (Wildman–Crippen LogP) is 1.93. The van der Waals surface area contributed by atoms with E-state index in [1.165, 1.54) is 0 Å². The van der Waals surface area contributed by atoms with E-state index in [1.807, 2.05) is 37.3 Å². The third kappa shape index (κ3) is 2.90. The number of hydrogen-bond acceptors (Lipinski definition) is 2. The standard InChI is InChI=1S/C15H19NO2Se/c1-10(2)13-9-18-15(19)16(13)14(17)11(3)12-7-5-4-6-8-12/h4-8,10-11,13H,9H2,1-3H3/t11?,13-/m1/s1. The molecule has 0 saturated carbocycles. The second-order valence-corrected chi connectivity index (χ2v) is 5.96. The molecule has 1 heterocycles. The van der Waals surface area contributed by atoms with Crippen LogP contribution in [-0.4, -0.2) is 43.8 Å². The average molecular weight is 324 g/mol. The monoisotopic (exact) mass is 325 g/mol. The van der Waals surface area contributed by atoms with Gasteiger partial charge in [0, 0.05) is 0 Å². The number of carbonyl (C=O) groups excluding carboxylic acids is 1. The van der Waals surface area contributed by atoms with Crippen LogP contribution in [0.5, 0.6) is 0 Å². The van der Waals surface area contributed by atoms with Crippen LogP contribution in [0.3, 0.4) is 0 Å². The molecule has 0 radical (unpaired) electrons. The fourth-order valence-electron chi connectivity index (χ4n) is 2.27. The van der Waals surface area contributed by atoms with Gasteiger partial charge in [0.15, 0.2) is 0 Å². The molecule has 1 amide bonds. The van der Waals surface area contributed by atoms with Crippen LogP contribution in [-0.2, 0) is 9.53 Å². The molecule has 0 N–H and O–H groups in total.